The Morgan fingerprint density at radius 2 is 2.14 bits per heavy atom. The lowest BCUT2D eigenvalue weighted by atomic mass is 9.81. The van der Waals surface area contributed by atoms with E-state index in [1.54, 1.807) is 22.9 Å². The predicted molar refractivity (Wildman–Crippen MR) is 83.1 cm³/mol. The van der Waals surface area contributed by atoms with Crippen molar-refractivity contribution >= 4 is 15.8 Å². The van der Waals surface area contributed by atoms with Gasteiger partial charge in [-0.05, 0) is 12.8 Å². The zero-order valence-corrected chi connectivity index (χ0v) is 13.6. The van der Waals surface area contributed by atoms with Gasteiger partial charge in [-0.2, -0.15) is 0 Å². The minimum absolute atomic E-state index is 0.171. The molecule has 1 atom stereocenters. The number of hydrogen-bond acceptors (Lipinski definition) is 6. The largest absolute Gasteiger partial charge is 0.379 e. The van der Waals surface area contributed by atoms with Crippen LogP contribution in [-0.4, -0.2) is 68.3 Å². The lowest BCUT2D eigenvalue weighted by Gasteiger charge is -2.42. The molecule has 0 aromatic carbocycles. The van der Waals surface area contributed by atoms with Crippen molar-refractivity contribution in [3.05, 3.63) is 18.6 Å². The van der Waals surface area contributed by atoms with Gasteiger partial charge in [0.1, 0.15) is 5.82 Å². The second-order valence-corrected chi connectivity index (χ2v) is 8.22. The van der Waals surface area contributed by atoms with Gasteiger partial charge in [-0.3, -0.25) is 4.98 Å². The molecule has 0 aliphatic carbocycles. The molecule has 2 aliphatic rings. The van der Waals surface area contributed by atoms with Crippen molar-refractivity contribution < 1.29 is 13.2 Å². The van der Waals surface area contributed by atoms with E-state index < -0.39 is 10.0 Å². The minimum Gasteiger partial charge on any atom is -0.379 e. The standard InChI is InChI=1S/C14H22N4O3S/c1-22(19,20)18-6-2-3-14(11-18)10-17(7-8-21-12-14)13-9-15-4-5-16-13/h4-5,9H,2-3,6-8,10-12H2,1H3/t14-/m0/s1. The molecule has 3 rings (SSSR count). The maximum Gasteiger partial charge on any atom is 0.211 e. The van der Waals surface area contributed by atoms with Gasteiger partial charge in [0.25, 0.3) is 0 Å². The van der Waals surface area contributed by atoms with Gasteiger partial charge in [0.15, 0.2) is 0 Å². The van der Waals surface area contributed by atoms with Gasteiger partial charge >= 0.3 is 0 Å². The fourth-order valence-electron chi connectivity index (χ4n) is 3.34. The molecule has 2 aliphatic heterocycles. The van der Waals surface area contributed by atoms with E-state index in [-0.39, 0.29) is 5.41 Å². The van der Waals surface area contributed by atoms with Crippen molar-refractivity contribution in [3.8, 4) is 0 Å². The van der Waals surface area contributed by atoms with Crippen molar-refractivity contribution in [2.45, 2.75) is 12.8 Å². The van der Waals surface area contributed by atoms with Crippen LogP contribution in [0.25, 0.3) is 0 Å². The third-order valence-corrected chi connectivity index (χ3v) is 5.66. The first-order valence-electron chi connectivity index (χ1n) is 7.52. The molecule has 8 heteroatoms. The molecule has 22 heavy (non-hydrogen) atoms. The van der Waals surface area contributed by atoms with Crippen LogP contribution in [-0.2, 0) is 14.8 Å². The molecule has 7 nitrogen and oxygen atoms in total. The number of aromatic nitrogens is 2. The number of ether oxygens (including phenoxy) is 1. The van der Waals surface area contributed by atoms with Crippen molar-refractivity contribution in [2.24, 2.45) is 5.41 Å². The number of rotatable bonds is 2. The number of hydrogen-bond donors (Lipinski definition) is 0. The van der Waals surface area contributed by atoms with E-state index in [1.807, 2.05) is 0 Å². The van der Waals surface area contributed by atoms with Crippen LogP contribution in [0.2, 0.25) is 0 Å². The fraction of sp³-hybridized carbons (Fsp3) is 0.714. The van der Waals surface area contributed by atoms with Crippen LogP contribution in [0.4, 0.5) is 5.82 Å². The number of nitrogens with zero attached hydrogens (tertiary/aromatic N) is 4. The average Bonchev–Trinajstić information content (AvgIpc) is 2.70. The molecule has 3 heterocycles. The molecule has 122 valence electrons. The zero-order chi connectivity index (χ0) is 15.6. The Bertz CT molecular complexity index is 610. The van der Waals surface area contributed by atoms with Crippen LogP contribution >= 0.6 is 0 Å². The third-order valence-electron chi connectivity index (χ3n) is 4.41. The van der Waals surface area contributed by atoms with Crippen molar-refractivity contribution in [2.75, 3.05) is 50.5 Å². The van der Waals surface area contributed by atoms with Gasteiger partial charge in [-0.1, -0.05) is 0 Å². The normalized spacial score (nSPS) is 27.8. The lowest BCUT2D eigenvalue weighted by molar-refractivity contribution is 0.0352. The summed E-state index contributed by atoms with van der Waals surface area (Å²) in [4.78, 5) is 10.7. The van der Waals surface area contributed by atoms with E-state index in [0.717, 1.165) is 31.7 Å². The van der Waals surface area contributed by atoms with E-state index in [0.29, 0.717) is 26.3 Å². The van der Waals surface area contributed by atoms with Crippen LogP contribution in [0.3, 0.4) is 0 Å². The van der Waals surface area contributed by atoms with Crippen molar-refractivity contribution in [3.63, 3.8) is 0 Å². The molecular formula is C14H22N4O3S. The van der Waals surface area contributed by atoms with Crippen LogP contribution in [0.15, 0.2) is 18.6 Å². The highest BCUT2D eigenvalue weighted by atomic mass is 32.2. The summed E-state index contributed by atoms with van der Waals surface area (Å²) in [5.74, 6) is 0.823. The molecule has 2 fully saturated rings. The van der Waals surface area contributed by atoms with E-state index in [2.05, 4.69) is 14.9 Å². The summed E-state index contributed by atoms with van der Waals surface area (Å²) in [6.45, 7) is 3.83. The molecule has 0 N–H and O–H groups in total. The van der Waals surface area contributed by atoms with Crippen molar-refractivity contribution in [1.82, 2.24) is 14.3 Å². The summed E-state index contributed by atoms with van der Waals surface area (Å²) in [5, 5.41) is 0. The van der Waals surface area contributed by atoms with E-state index >= 15 is 0 Å². The molecule has 0 amide bonds. The first kappa shape index (κ1) is 15.6. The Balaban J connectivity index is 1.82. The Labute approximate surface area is 131 Å². The quantitative estimate of drug-likeness (QED) is 0.781. The van der Waals surface area contributed by atoms with Crippen molar-refractivity contribution in [1.29, 1.82) is 0 Å². The Hall–Kier alpha value is -1.25. The summed E-state index contributed by atoms with van der Waals surface area (Å²) < 4.78 is 31.2. The van der Waals surface area contributed by atoms with Crippen LogP contribution in [0, 0.1) is 5.41 Å². The summed E-state index contributed by atoms with van der Waals surface area (Å²) >= 11 is 0. The topological polar surface area (TPSA) is 75.6 Å². The molecule has 0 saturated carbocycles. The lowest BCUT2D eigenvalue weighted by Crippen LogP contribution is -2.52. The molecular weight excluding hydrogens is 304 g/mol. The molecule has 1 aromatic rings. The van der Waals surface area contributed by atoms with Gasteiger partial charge in [0.05, 0.1) is 25.7 Å². The summed E-state index contributed by atoms with van der Waals surface area (Å²) in [7, 11) is -3.16. The highest BCUT2D eigenvalue weighted by Crippen LogP contribution is 2.34. The van der Waals surface area contributed by atoms with Gasteiger partial charge < -0.3 is 9.64 Å². The van der Waals surface area contributed by atoms with E-state index in [1.165, 1.54) is 6.26 Å². The SMILES string of the molecule is CS(=O)(=O)N1CCC[C@@]2(COCCN(c3cnccn3)C2)C1. The van der Waals surface area contributed by atoms with Gasteiger partial charge in [0.2, 0.25) is 10.0 Å². The summed E-state index contributed by atoms with van der Waals surface area (Å²) in [6, 6.07) is 0. The molecule has 1 spiro atoms. The second-order valence-electron chi connectivity index (χ2n) is 6.24. The Morgan fingerprint density at radius 1 is 1.27 bits per heavy atom. The monoisotopic (exact) mass is 326 g/mol. The van der Waals surface area contributed by atoms with E-state index in [4.69, 9.17) is 4.74 Å². The Morgan fingerprint density at radius 3 is 2.86 bits per heavy atom. The molecule has 0 unspecified atom stereocenters. The highest BCUT2D eigenvalue weighted by molar-refractivity contribution is 7.88. The van der Waals surface area contributed by atoms with Crippen LogP contribution in [0.1, 0.15) is 12.8 Å². The van der Waals surface area contributed by atoms with Crippen LogP contribution < -0.4 is 4.90 Å². The average molecular weight is 326 g/mol. The zero-order valence-electron chi connectivity index (χ0n) is 12.8. The first-order valence-corrected chi connectivity index (χ1v) is 9.37. The van der Waals surface area contributed by atoms with Gasteiger partial charge in [-0.25, -0.2) is 17.7 Å². The number of sulfonamides is 1. The fourth-order valence-corrected chi connectivity index (χ4v) is 4.30. The predicted octanol–water partition coefficient (Wildman–Crippen LogP) is 0.355. The smallest absolute Gasteiger partial charge is 0.211 e. The van der Waals surface area contributed by atoms with Gasteiger partial charge in [-0.15, -0.1) is 0 Å². The molecule has 1 aromatic heterocycles. The third kappa shape index (κ3) is 3.39. The van der Waals surface area contributed by atoms with Crippen LogP contribution in [0.5, 0.6) is 0 Å². The highest BCUT2D eigenvalue weighted by Gasteiger charge is 2.41. The Kier molecular flexibility index (Phi) is 4.33. The minimum atomic E-state index is -3.16. The second kappa shape index (κ2) is 6.10. The first-order chi connectivity index (χ1) is 10.5. The van der Waals surface area contributed by atoms with Gasteiger partial charge in [0, 0.05) is 44.0 Å². The number of piperidine rings is 1. The molecule has 0 bridgehead atoms. The number of anilines is 1. The summed E-state index contributed by atoms with van der Waals surface area (Å²) in [5.41, 5.74) is -0.171. The van der Waals surface area contributed by atoms with E-state index in [9.17, 15) is 8.42 Å². The molecule has 0 radical (unpaired) electrons. The maximum atomic E-state index is 11.9. The molecule has 2 saturated heterocycles. The summed E-state index contributed by atoms with van der Waals surface area (Å²) in [6.07, 6.45) is 8.19. The maximum absolute atomic E-state index is 11.9.